The van der Waals surface area contributed by atoms with Crippen LogP contribution in [0.4, 0.5) is 0 Å². The molecule has 0 aliphatic carbocycles. The number of carbonyl (C=O) groups is 2. The number of ether oxygens (including phenoxy) is 1. The molecule has 0 radical (unpaired) electrons. The molecular formula is C14H23N3O4. The molecule has 0 aliphatic rings. The average Bonchev–Trinajstić information content (AvgIpc) is 2.87. The minimum Gasteiger partial charge on any atom is -0.481 e. The van der Waals surface area contributed by atoms with E-state index in [0.717, 1.165) is 0 Å². The van der Waals surface area contributed by atoms with Crippen molar-refractivity contribution in [1.29, 1.82) is 0 Å². The van der Waals surface area contributed by atoms with Crippen LogP contribution in [0.3, 0.4) is 0 Å². The number of hydrogen-bond acceptors (Lipinski definition) is 4. The van der Waals surface area contributed by atoms with Gasteiger partial charge in [-0.2, -0.15) is 5.10 Å². The van der Waals surface area contributed by atoms with Gasteiger partial charge in [0.25, 0.3) is 5.91 Å². The fourth-order valence-corrected chi connectivity index (χ4v) is 1.93. The quantitative estimate of drug-likeness (QED) is 0.688. The van der Waals surface area contributed by atoms with Crippen molar-refractivity contribution in [1.82, 2.24) is 14.7 Å². The Kier molecular flexibility index (Phi) is 6.87. The van der Waals surface area contributed by atoms with Gasteiger partial charge in [0.1, 0.15) is 5.69 Å². The Hall–Kier alpha value is -1.89. The first kappa shape index (κ1) is 17.2. The summed E-state index contributed by atoms with van der Waals surface area (Å²) in [5.74, 6) is -1.74. The fraction of sp³-hybridized carbons (Fsp3) is 0.643. The maximum Gasteiger partial charge on any atom is 0.308 e. The Morgan fingerprint density at radius 2 is 2.24 bits per heavy atom. The number of carboxylic acids is 1. The predicted octanol–water partition coefficient (Wildman–Crippen LogP) is 1.01. The van der Waals surface area contributed by atoms with Crippen molar-refractivity contribution in [2.24, 2.45) is 13.0 Å². The third-order valence-electron chi connectivity index (χ3n) is 3.16. The minimum absolute atomic E-state index is 0.172. The number of aromatic nitrogens is 2. The van der Waals surface area contributed by atoms with Crippen molar-refractivity contribution >= 4 is 11.9 Å². The lowest BCUT2D eigenvalue weighted by Gasteiger charge is -2.24. The first-order valence-electron chi connectivity index (χ1n) is 7.05. The summed E-state index contributed by atoms with van der Waals surface area (Å²) in [5, 5.41) is 13.0. The van der Waals surface area contributed by atoms with Gasteiger partial charge in [-0.1, -0.05) is 6.92 Å². The number of carbonyl (C=O) groups excluding carboxylic acids is 1. The molecule has 0 saturated carbocycles. The van der Waals surface area contributed by atoms with Gasteiger partial charge in [-0.3, -0.25) is 14.3 Å². The standard InChI is InChI=1S/C14H23N3O4/c1-4-21-9-5-8-17(10-11(2)14(19)20)13(18)12-6-7-15-16(12)3/h6-7,11H,4-5,8-10H2,1-3H3,(H,19,20). The van der Waals surface area contributed by atoms with Crippen LogP contribution in [-0.4, -0.2) is 58.0 Å². The van der Waals surface area contributed by atoms with Gasteiger partial charge >= 0.3 is 5.97 Å². The highest BCUT2D eigenvalue weighted by Crippen LogP contribution is 2.08. The van der Waals surface area contributed by atoms with Crippen LogP contribution in [0.2, 0.25) is 0 Å². The number of aryl methyl sites for hydroxylation is 1. The highest BCUT2D eigenvalue weighted by atomic mass is 16.5. The molecule has 118 valence electrons. The smallest absolute Gasteiger partial charge is 0.308 e. The summed E-state index contributed by atoms with van der Waals surface area (Å²) in [7, 11) is 1.69. The molecule has 7 heteroatoms. The fourth-order valence-electron chi connectivity index (χ4n) is 1.93. The number of hydrogen-bond donors (Lipinski definition) is 1. The van der Waals surface area contributed by atoms with Gasteiger partial charge < -0.3 is 14.7 Å². The molecule has 1 heterocycles. The molecule has 1 amide bonds. The molecule has 1 aromatic heterocycles. The third kappa shape index (κ3) is 5.18. The van der Waals surface area contributed by atoms with Crippen LogP contribution in [-0.2, 0) is 16.6 Å². The van der Waals surface area contributed by atoms with E-state index in [1.54, 1.807) is 31.1 Å². The zero-order valence-electron chi connectivity index (χ0n) is 12.8. The summed E-state index contributed by atoms with van der Waals surface area (Å²) >= 11 is 0. The normalized spacial score (nSPS) is 12.1. The monoisotopic (exact) mass is 297 g/mol. The summed E-state index contributed by atoms with van der Waals surface area (Å²) in [6.07, 6.45) is 2.22. The van der Waals surface area contributed by atoms with Gasteiger partial charge in [0.2, 0.25) is 0 Å². The molecule has 1 atom stereocenters. The molecule has 0 aromatic carbocycles. The zero-order chi connectivity index (χ0) is 15.8. The zero-order valence-corrected chi connectivity index (χ0v) is 12.8. The van der Waals surface area contributed by atoms with E-state index >= 15 is 0 Å². The van der Waals surface area contributed by atoms with Gasteiger partial charge in [-0.15, -0.1) is 0 Å². The van der Waals surface area contributed by atoms with Crippen molar-refractivity contribution in [3.05, 3.63) is 18.0 Å². The topological polar surface area (TPSA) is 84.7 Å². The van der Waals surface area contributed by atoms with Crippen molar-refractivity contribution in [3.63, 3.8) is 0 Å². The molecule has 1 N–H and O–H groups in total. The van der Waals surface area contributed by atoms with Crippen LogP contribution < -0.4 is 0 Å². The molecular weight excluding hydrogens is 274 g/mol. The van der Waals surface area contributed by atoms with E-state index in [1.807, 2.05) is 6.92 Å². The van der Waals surface area contributed by atoms with Gasteiger partial charge in [0.05, 0.1) is 5.92 Å². The highest BCUT2D eigenvalue weighted by molar-refractivity contribution is 5.92. The Morgan fingerprint density at radius 1 is 1.52 bits per heavy atom. The van der Waals surface area contributed by atoms with Crippen molar-refractivity contribution in [2.75, 3.05) is 26.3 Å². The Morgan fingerprint density at radius 3 is 2.76 bits per heavy atom. The van der Waals surface area contributed by atoms with E-state index in [0.29, 0.717) is 31.9 Å². The lowest BCUT2D eigenvalue weighted by Crippen LogP contribution is -2.38. The van der Waals surface area contributed by atoms with E-state index < -0.39 is 11.9 Å². The third-order valence-corrected chi connectivity index (χ3v) is 3.16. The second-order valence-electron chi connectivity index (χ2n) is 4.88. The average molecular weight is 297 g/mol. The van der Waals surface area contributed by atoms with Crippen LogP contribution in [0.1, 0.15) is 30.8 Å². The molecule has 21 heavy (non-hydrogen) atoms. The molecule has 0 saturated heterocycles. The van der Waals surface area contributed by atoms with E-state index in [1.165, 1.54) is 4.68 Å². The Labute approximate surface area is 124 Å². The molecule has 0 fully saturated rings. The van der Waals surface area contributed by atoms with Crippen LogP contribution in [0.15, 0.2) is 12.3 Å². The van der Waals surface area contributed by atoms with E-state index in [-0.39, 0.29) is 12.5 Å². The predicted molar refractivity (Wildman–Crippen MR) is 77.0 cm³/mol. The first-order chi connectivity index (χ1) is 9.97. The van der Waals surface area contributed by atoms with Crippen molar-refractivity contribution < 1.29 is 19.4 Å². The molecule has 7 nitrogen and oxygen atoms in total. The summed E-state index contributed by atoms with van der Waals surface area (Å²) in [6.45, 7) is 5.31. The molecule has 1 aromatic rings. The molecule has 0 spiro atoms. The first-order valence-corrected chi connectivity index (χ1v) is 7.05. The number of aliphatic carboxylic acids is 1. The van der Waals surface area contributed by atoms with E-state index in [2.05, 4.69) is 5.10 Å². The van der Waals surface area contributed by atoms with Crippen LogP contribution in [0.25, 0.3) is 0 Å². The van der Waals surface area contributed by atoms with Gasteiger partial charge in [-0.25, -0.2) is 0 Å². The second kappa shape index (κ2) is 8.41. The van der Waals surface area contributed by atoms with Gasteiger partial charge in [0.15, 0.2) is 0 Å². The summed E-state index contributed by atoms with van der Waals surface area (Å²) < 4.78 is 6.75. The maximum absolute atomic E-state index is 12.5. The number of nitrogens with zero attached hydrogens (tertiary/aromatic N) is 3. The summed E-state index contributed by atoms with van der Waals surface area (Å²) in [6, 6.07) is 1.63. The second-order valence-corrected chi connectivity index (χ2v) is 4.88. The van der Waals surface area contributed by atoms with Gasteiger partial charge in [-0.05, 0) is 19.4 Å². The largest absolute Gasteiger partial charge is 0.481 e. The Balaban J connectivity index is 2.73. The van der Waals surface area contributed by atoms with Crippen LogP contribution in [0.5, 0.6) is 0 Å². The SMILES string of the molecule is CCOCCCN(CC(C)C(=O)O)C(=O)c1ccnn1C. The molecule has 0 aliphatic heterocycles. The Bertz CT molecular complexity index is 473. The van der Waals surface area contributed by atoms with Crippen LogP contribution >= 0.6 is 0 Å². The van der Waals surface area contributed by atoms with Crippen molar-refractivity contribution in [2.45, 2.75) is 20.3 Å². The molecule has 0 bridgehead atoms. The van der Waals surface area contributed by atoms with Gasteiger partial charge in [0, 0.05) is 39.5 Å². The van der Waals surface area contributed by atoms with Crippen LogP contribution in [0, 0.1) is 5.92 Å². The van der Waals surface area contributed by atoms with E-state index in [9.17, 15) is 9.59 Å². The number of amides is 1. The minimum atomic E-state index is -0.914. The summed E-state index contributed by atoms with van der Waals surface area (Å²) in [4.78, 5) is 25.0. The highest BCUT2D eigenvalue weighted by Gasteiger charge is 2.23. The van der Waals surface area contributed by atoms with Crippen molar-refractivity contribution in [3.8, 4) is 0 Å². The lowest BCUT2D eigenvalue weighted by molar-refractivity contribution is -0.141. The number of rotatable bonds is 9. The van der Waals surface area contributed by atoms with E-state index in [4.69, 9.17) is 9.84 Å². The maximum atomic E-state index is 12.5. The molecule has 1 unspecified atom stereocenters. The molecule has 1 rings (SSSR count). The lowest BCUT2D eigenvalue weighted by atomic mass is 10.1. The summed E-state index contributed by atoms with van der Waals surface area (Å²) in [5.41, 5.74) is 0.448. The number of carboxylic acid groups (broad SMARTS) is 1.